The van der Waals surface area contributed by atoms with Crippen molar-refractivity contribution in [1.82, 2.24) is 4.90 Å². The number of benzene rings is 1. The Kier molecular flexibility index (Phi) is 6.95. The van der Waals surface area contributed by atoms with Crippen molar-refractivity contribution < 1.29 is 9.15 Å². The van der Waals surface area contributed by atoms with Gasteiger partial charge in [0.2, 0.25) is 0 Å². The molecule has 174 valence electrons. The van der Waals surface area contributed by atoms with E-state index in [4.69, 9.17) is 9.15 Å². The van der Waals surface area contributed by atoms with Crippen LogP contribution in [-0.4, -0.2) is 44.3 Å². The smallest absolute Gasteiger partial charge is 0.136 e. The molecule has 0 amide bonds. The van der Waals surface area contributed by atoms with E-state index in [0.717, 1.165) is 74.5 Å². The van der Waals surface area contributed by atoms with Crippen LogP contribution in [-0.2, 0) is 4.74 Å². The highest BCUT2D eigenvalue weighted by molar-refractivity contribution is 5.83. The van der Waals surface area contributed by atoms with Crippen LogP contribution >= 0.6 is 0 Å². The molecule has 4 rings (SSSR count). The monoisotopic (exact) mass is 445 g/mol. The molecule has 33 heavy (non-hydrogen) atoms. The van der Waals surface area contributed by atoms with Gasteiger partial charge in [0.15, 0.2) is 0 Å². The molecule has 2 heterocycles. The first kappa shape index (κ1) is 23.2. The molecule has 5 nitrogen and oxygen atoms in total. The predicted molar refractivity (Wildman–Crippen MR) is 135 cm³/mol. The maximum absolute atomic E-state index is 9.45. The van der Waals surface area contributed by atoms with Crippen LogP contribution < -0.4 is 4.90 Å². The van der Waals surface area contributed by atoms with Gasteiger partial charge in [-0.15, -0.1) is 0 Å². The van der Waals surface area contributed by atoms with Crippen LogP contribution in [0.15, 0.2) is 57.7 Å². The number of anilines is 1. The molecule has 0 bridgehead atoms. The first-order valence-corrected chi connectivity index (χ1v) is 12.1. The maximum atomic E-state index is 9.45. The number of ether oxygens (including phenoxy) is 1. The molecule has 1 aromatic heterocycles. The zero-order chi connectivity index (χ0) is 23.4. The predicted octanol–water partition coefficient (Wildman–Crippen LogP) is 6.15. The Balaban J connectivity index is 1.70. The Labute approximate surface area is 197 Å². The van der Waals surface area contributed by atoms with Gasteiger partial charge < -0.3 is 19.0 Å². The fraction of sp³-hybridized carbons (Fsp3) is 0.464. The third-order valence-electron chi connectivity index (χ3n) is 6.61. The van der Waals surface area contributed by atoms with Crippen molar-refractivity contribution in [3.8, 4) is 6.07 Å². The lowest BCUT2D eigenvalue weighted by Crippen LogP contribution is -2.38. The second kappa shape index (κ2) is 9.89. The molecular weight excluding hydrogens is 410 g/mol. The average Bonchev–Trinajstić information content (AvgIpc) is 3.21. The molecule has 2 aliphatic rings. The van der Waals surface area contributed by atoms with Gasteiger partial charge in [-0.2, -0.15) is 5.26 Å². The topological polar surface area (TPSA) is 52.6 Å². The number of fused-ring (bicyclic) bond motifs is 1. The van der Waals surface area contributed by atoms with Gasteiger partial charge in [0.05, 0.1) is 19.3 Å². The summed E-state index contributed by atoms with van der Waals surface area (Å²) in [6.45, 7) is 14.0. The zero-order valence-corrected chi connectivity index (χ0v) is 20.4. The van der Waals surface area contributed by atoms with Crippen LogP contribution in [0.25, 0.3) is 17.0 Å². The average molecular weight is 446 g/mol. The number of nitriles is 1. The van der Waals surface area contributed by atoms with Crippen molar-refractivity contribution in [2.45, 2.75) is 40.5 Å². The Morgan fingerprint density at radius 2 is 1.85 bits per heavy atom. The quantitative estimate of drug-likeness (QED) is 0.499. The molecule has 0 spiro atoms. The summed E-state index contributed by atoms with van der Waals surface area (Å²) in [4.78, 5) is 4.71. The number of hydrogen-bond donors (Lipinski definition) is 0. The summed E-state index contributed by atoms with van der Waals surface area (Å²) in [6, 6.07) is 10.8. The highest BCUT2D eigenvalue weighted by atomic mass is 16.5. The molecule has 0 atom stereocenters. The summed E-state index contributed by atoms with van der Waals surface area (Å²) in [6.07, 6.45) is 7.88. The number of nitrogens with zero attached hydrogens (tertiary/aromatic N) is 3. The molecule has 1 aliphatic heterocycles. The van der Waals surface area contributed by atoms with Crippen molar-refractivity contribution in [2.75, 3.05) is 44.3 Å². The molecule has 1 aromatic carbocycles. The zero-order valence-electron chi connectivity index (χ0n) is 20.4. The molecule has 1 saturated heterocycles. The fourth-order valence-corrected chi connectivity index (χ4v) is 5.09. The number of morpholine rings is 1. The Morgan fingerprint density at radius 3 is 2.55 bits per heavy atom. The van der Waals surface area contributed by atoms with E-state index in [9.17, 15) is 5.26 Å². The third-order valence-corrected chi connectivity index (χ3v) is 6.61. The van der Waals surface area contributed by atoms with Gasteiger partial charge in [0.1, 0.15) is 11.3 Å². The van der Waals surface area contributed by atoms with Gasteiger partial charge in [-0.3, -0.25) is 0 Å². The lowest BCUT2D eigenvalue weighted by Gasteiger charge is -2.40. The summed E-state index contributed by atoms with van der Waals surface area (Å²) in [5, 5.41) is 10.6. The van der Waals surface area contributed by atoms with Gasteiger partial charge in [0.25, 0.3) is 0 Å². The van der Waals surface area contributed by atoms with Crippen LogP contribution in [0, 0.1) is 16.7 Å². The second-order valence-electron chi connectivity index (χ2n) is 9.67. The van der Waals surface area contributed by atoms with E-state index < -0.39 is 0 Å². The van der Waals surface area contributed by atoms with Crippen molar-refractivity contribution in [3.63, 3.8) is 0 Å². The summed E-state index contributed by atoms with van der Waals surface area (Å²) in [7, 11) is 0. The Morgan fingerprint density at radius 1 is 1.09 bits per heavy atom. The summed E-state index contributed by atoms with van der Waals surface area (Å²) in [5.74, 6) is 0.852. The summed E-state index contributed by atoms with van der Waals surface area (Å²) >= 11 is 0. The molecule has 1 aliphatic carbocycles. The molecular formula is C28H35N3O2. The largest absolute Gasteiger partial charge is 0.457 e. The van der Waals surface area contributed by atoms with E-state index in [1.807, 2.05) is 0 Å². The third kappa shape index (κ3) is 5.17. The van der Waals surface area contributed by atoms with Crippen molar-refractivity contribution in [2.24, 2.45) is 5.41 Å². The number of furan rings is 1. The van der Waals surface area contributed by atoms with Crippen molar-refractivity contribution in [3.05, 3.63) is 59.0 Å². The van der Waals surface area contributed by atoms with Crippen molar-refractivity contribution in [1.29, 1.82) is 5.26 Å². The lowest BCUT2D eigenvalue weighted by atomic mass is 9.73. The molecule has 2 aromatic rings. The standard InChI is InChI=1S/C28H35N3O2/c1-5-30(6-2)24-9-7-21-17-25(33-26(21)18-24)10-8-22-19-28(3,4)20-23(11-12-29)27(22)31-13-15-32-16-14-31/h7-11,17-18H,5-6,13-16,19-20H2,1-4H3. The molecule has 1 fully saturated rings. The van der Waals surface area contributed by atoms with E-state index in [2.05, 4.69) is 80.0 Å². The van der Waals surface area contributed by atoms with Crippen LogP contribution in [0.3, 0.4) is 0 Å². The minimum absolute atomic E-state index is 0.102. The normalized spacial score (nSPS) is 20.1. The van der Waals surface area contributed by atoms with E-state index in [1.54, 1.807) is 6.08 Å². The highest BCUT2D eigenvalue weighted by Gasteiger charge is 2.32. The van der Waals surface area contributed by atoms with E-state index >= 15 is 0 Å². The number of hydrogen-bond acceptors (Lipinski definition) is 5. The highest BCUT2D eigenvalue weighted by Crippen LogP contribution is 2.43. The minimum Gasteiger partial charge on any atom is -0.457 e. The Hall–Kier alpha value is -2.97. The van der Waals surface area contributed by atoms with Gasteiger partial charge in [-0.05, 0) is 67.5 Å². The van der Waals surface area contributed by atoms with Crippen molar-refractivity contribution >= 4 is 22.7 Å². The van der Waals surface area contributed by atoms with Gasteiger partial charge in [-0.1, -0.05) is 19.9 Å². The van der Waals surface area contributed by atoms with Gasteiger partial charge >= 0.3 is 0 Å². The van der Waals surface area contributed by atoms with E-state index in [1.165, 1.54) is 17.0 Å². The van der Waals surface area contributed by atoms with Crippen LogP contribution in [0.1, 0.15) is 46.3 Å². The molecule has 0 N–H and O–H groups in total. The second-order valence-corrected chi connectivity index (χ2v) is 9.67. The Bertz CT molecular complexity index is 1120. The molecule has 0 unspecified atom stereocenters. The summed E-state index contributed by atoms with van der Waals surface area (Å²) < 4.78 is 11.8. The maximum Gasteiger partial charge on any atom is 0.136 e. The molecule has 0 saturated carbocycles. The fourth-order valence-electron chi connectivity index (χ4n) is 5.09. The molecule has 0 radical (unpaired) electrons. The SMILES string of the molecule is CCN(CC)c1ccc2cc(C=CC3=C(N4CCOCC4)C(=CC#N)CC(C)(C)C3)oc2c1. The van der Waals surface area contributed by atoms with Crippen LogP contribution in [0.2, 0.25) is 0 Å². The van der Waals surface area contributed by atoms with Crippen LogP contribution in [0.4, 0.5) is 5.69 Å². The lowest BCUT2D eigenvalue weighted by molar-refractivity contribution is 0.0529. The van der Waals surface area contributed by atoms with E-state index in [-0.39, 0.29) is 5.41 Å². The number of allylic oxidation sites excluding steroid dienone is 4. The molecule has 5 heteroatoms. The van der Waals surface area contributed by atoms with Gasteiger partial charge in [0, 0.05) is 55.1 Å². The first-order chi connectivity index (χ1) is 15.9. The first-order valence-electron chi connectivity index (χ1n) is 12.1. The van der Waals surface area contributed by atoms with E-state index in [0.29, 0.717) is 0 Å². The van der Waals surface area contributed by atoms with Gasteiger partial charge in [-0.25, -0.2) is 0 Å². The van der Waals surface area contributed by atoms with Crippen LogP contribution in [0.5, 0.6) is 0 Å². The minimum atomic E-state index is 0.102. The summed E-state index contributed by atoms with van der Waals surface area (Å²) in [5.41, 5.74) is 5.80. The number of rotatable bonds is 6.